The minimum Gasteiger partial charge on any atom is -0.344 e. The van der Waals surface area contributed by atoms with Crippen molar-refractivity contribution in [1.29, 1.82) is 0 Å². The van der Waals surface area contributed by atoms with E-state index in [9.17, 15) is 0 Å². The average molecular weight is 440 g/mol. The van der Waals surface area contributed by atoms with Crippen LogP contribution < -0.4 is 4.90 Å². The second-order valence-corrected chi connectivity index (χ2v) is 8.37. The van der Waals surface area contributed by atoms with E-state index in [-0.39, 0.29) is 6.04 Å². The van der Waals surface area contributed by atoms with Gasteiger partial charge in [0.05, 0.1) is 0 Å². The Morgan fingerprint density at radius 2 is 1.93 bits per heavy atom. The number of aryl methyl sites for hydroxylation is 2. The third-order valence-electron chi connectivity index (χ3n) is 5.64. The van der Waals surface area contributed by atoms with Gasteiger partial charge in [0.2, 0.25) is 11.7 Å². The van der Waals surface area contributed by atoms with Crippen LogP contribution in [-0.2, 0) is 12.8 Å². The van der Waals surface area contributed by atoms with Gasteiger partial charge in [-0.25, -0.2) is 9.97 Å². The Hall–Kier alpha value is -2.28. The van der Waals surface area contributed by atoms with Gasteiger partial charge < -0.3 is 9.42 Å². The normalized spacial score (nSPS) is 19.1. The molecule has 1 aromatic carbocycles. The van der Waals surface area contributed by atoms with E-state index in [2.05, 4.69) is 26.0 Å². The summed E-state index contributed by atoms with van der Waals surface area (Å²) in [5.74, 6) is 3.21. The highest BCUT2D eigenvalue weighted by Crippen LogP contribution is 2.39. The van der Waals surface area contributed by atoms with Crippen molar-refractivity contribution in [1.82, 2.24) is 20.1 Å². The van der Waals surface area contributed by atoms with E-state index in [0.29, 0.717) is 11.7 Å². The van der Waals surface area contributed by atoms with E-state index in [1.807, 2.05) is 31.2 Å². The summed E-state index contributed by atoms with van der Waals surface area (Å²) >= 11 is 3.57. The first-order valence-electron chi connectivity index (χ1n) is 9.92. The number of aromatic nitrogens is 4. The molecule has 0 saturated carbocycles. The Bertz CT molecular complexity index is 1020. The molecule has 1 aliphatic carbocycles. The fraction of sp³-hybridized carbons (Fsp3) is 0.429. The van der Waals surface area contributed by atoms with Crippen molar-refractivity contribution in [2.24, 2.45) is 0 Å². The average Bonchev–Trinajstić information content (AvgIpc) is 3.37. The highest BCUT2D eigenvalue weighted by atomic mass is 79.9. The second kappa shape index (κ2) is 7.28. The van der Waals surface area contributed by atoms with Crippen LogP contribution in [0, 0.1) is 6.92 Å². The van der Waals surface area contributed by atoms with Gasteiger partial charge in [-0.2, -0.15) is 4.98 Å². The molecule has 6 nitrogen and oxygen atoms in total. The van der Waals surface area contributed by atoms with Crippen molar-refractivity contribution in [3.05, 3.63) is 51.7 Å². The number of halogens is 1. The maximum absolute atomic E-state index is 5.72. The molecule has 3 aromatic rings. The summed E-state index contributed by atoms with van der Waals surface area (Å²) in [5, 5.41) is 4.25. The molecule has 5 rings (SSSR count). The molecule has 1 aliphatic heterocycles. The smallest absolute Gasteiger partial charge is 0.249 e. The van der Waals surface area contributed by atoms with Crippen molar-refractivity contribution < 1.29 is 4.52 Å². The lowest BCUT2D eigenvalue weighted by atomic mass is 9.96. The molecular formula is C21H22BrN5O. The van der Waals surface area contributed by atoms with Gasteiger partial charge in [0.15, 0.2) is 0 Å². The Morgan fingerprint density at radius 1 is 1.07 bits per heavy atom. The zero-order valence-electron chi connectivity index (χ0n) is 15.9. The first-order chi connectivity index (χ1) is 13.7. The summed E-state index contributed by atoms with van der Waals surface area (Å²) in [6.07, 6.45) is 6.62. The topological polar surface area (TPSA) is 67.9 Å². The van der Waals surface area contributed by atoms with Crippen LogP contribution in [0.2, 0.25) is 0 Å². The molecular weight excluding hydrogens is 418 g/mol. The summed E-state index contributed by atoms with van der Waals surface area (Å²) in [5.41, 5.74) is 3.48. The Kier molecular flexibility index (Phi) is 4.62. The lowest BCUT2D eigenvalue weighted by molar-refractivity contribution is 0.354. The molecule has 2 aliphatic rings. The Morgan fingerprint density at radius 3 is 2.82 bits per heavy atom. The predicted molar refractivity (Wildman–Crippen MR) is 110 cm³/mol. The van der Waals surface area contributed by atoms with Crippen LogP contribution in [-0.4, -0.2) is 26.7 Å². The zero-order valence-corrected chi connectivity index (χ0v) is 17.4. The number of hydrogen-bond donors (Lipinski definition) is 0. The van der Waals surface area contributed by atoms with Crippen molar-refractivity contribution in [3.8, 4) is 11.4 Å². The van der Waals surface area contributed by atoms with Crippen LogP contribution in [0.5, 0.6) is 0 Å². The molecule has 0 N–H and O–H groups in total. The zero-order chi connectivity index (χ0) is 19.1. The van der Waals surface area contributed by atoms with Gasteiger partial charge in [-0.15, -0.1) is 0 Å². The van der Waals surface area contributed by atoms with Crippen molar-refractivity contribution in [3.63, 3.8) is 0 Å². The molecule has 0 amide bonds. The van der Waals surface area contributed by atoms with Crippen LogP contribution in [0.4, 0.5) is 5.82 Å². The molecule has 1 atom stereocenters. The lowest BCUT2D eigenvalue weighted by Gasteiger charge is -2.28. The van der Waals surface area contributed by atoms with Crippen molar-refractivity contribution >= 4 is 21.7 Å². The van der Waals surface area contributed by atoms with Gasteiger partial charge in [0, 0.05) is 27.8 Å². The van der Waals surface area contributed by atoms with E-state index < -0.39 is 0 Å². The molecule has 1 unspecified atom stereocenters. The van der Waals surface area contributed by atoms with E-state index in [1.165, 1.54) is 24.1 Å². The number of rotatable bonds is 3. The number of hydrogen-bond acceptors (Lipinski definition) is 6. The standard InChI is InChI=1S/C21H22BrN5O/c1-13-23-17-10-5-3-8-15(17)20(24-13)27-12-6-11-18(27)21-25-19(26-28-21)14-7-2-4-9-16(14)22/h2,4,7,9,18H,3,5-6,8,10-12H2,1H3. The monoisotopic (exact) mass is 439 g/mol. The molecule has 7 heteroatoms. The van der Waals surface area contributed by atoms with E-state index in [4.69, 9.17) is 19.5 Å². The van der Waals surface area contributed by atoms with Crippen LogP contribution in [0.1, 0.15) is 54.7 Å². The lowest BCUT2D eigenvalue weighted by Crippen LogP contribution is -2.27. The number of benzene rings is 1. The van der Waals surface area contributed by atoms with Crippen molar-refractivity contribution in [2.45, 2.75) is 51.5 Å². The maximum atomic E-state index is 5.72. The van der Waals surface area contributed by atoms with Gasteiger partial charge in [-0.1, -0.05) is 33.2 Å². The quantitative estimate of drug-likeness (QED) is 0.582. The van der Waals surface area contributed by atoms with Crippen LogP contribution >= 0.6 is 15.9 Å². The number of fused-ring (bicyclic) bond motifs is 1. The molecule has 3 heterocycles. The van der Waals surface area contributed by atoms with E-state index in [1.54, 1.807) is 0 Å². The molecule has 0 bridgehead atoms. The van der Waals surface area contributed by atoms with Crippen molar-refractivity contribution in [2.75, 3.05) is 11.4 Å². The largest absolute Gasteiger partial charge is 0.344 e. The molecule has 0 radical (unpaired) electrons. The van der Waals surface area contributed by atoms with E-state index >= 15 is 0 Å². The van der Waals surface area contributed by atoms with Gasteiger partial charge in [-0.05, 0) is 57.6 Å². The minimum absolute atomic E-state index is 0.0732. The number of anilines is 1. The molecule has 2 aromatic heterocycles. The molecule has 144 valence electrons. The van der Waals surface area contributed by atoms with Gasteiger partial charge in [0.1, 0.15) is 17.7 Å². The first-order valence-corrected chi connectivity index (χ1v) is 10.7. The van der Waals surface area contributed by atoms with E-state index in [0.717, 1.165) is 53.9 Å². The predicted octanol–water partition coefficient (Wildman–Crippen LogP) is 4.82. The first kappa shape index (κ1) is 17.8. The maximum Gasteiger partial charge on any atom is 0.249 e. The van der Waals surface area contributed by atoms with Gasteiger partial charge >= 0.3 is 0 Å². The third-order valence-corrected chi connectivity index (χ3v) is 6.33. The second-order valence-electron chi connectivity index (χ2n) is 7.51. The summed E-state index contributed by atoms with van der Waals surface area (Å²) < 4.78 is 6.68. The van der Waals surface area contributed by atoms with Crippen LogP contribution in [0.15, 0.2) is 33.3 Å². The Balaban J connectivity index is 1.51. The molecule has 1 saturated heterocycles. The summed E-state index contributed by atoms with van der Waals surface area (Å²) in [4.78, 5) is 16.6. The van der Waals surface area contributed by atoms with Crippen LogP contribution in [0.3, 0.4) is 0 Å². The summed E-state index contributed by atoms with van der Waals surface area (Å²) in [7, 11) is 0. The summed E-state index contributed by atoms with van der Waals surface area (Å²) in [6, 6.07) is 8.02. The van der Waals surface area contributed by atoms with Gasteiger partial charge in [-0.3, -0.25) is 0 Å². The highest BCUT2D eigenvalue weighted by Gasteiger charge is 2.34. The SMILES string of the molecule is Cc1nc2c(c(N3CCCC3c3nc(-c4ccccc4Br)no3)n1)CCCC2. The third kappa shape index (κ3) is 3.11. The molecule has 28 heavy (non-hydrogen) atoms. The fourth-order valence-corrected chi connectivity index (χ4v) is 4.79. The van der Waals surface area contributed by atoms with Crippen LogP contribution in [0.25, 0.3) is 11.4 Å². The molecule has 1 fully saturated rings. The fourth-order valence-electron chi connectivity index (χ4n) is 4.33. The summed E-state index contributed by atoms with van der Waals surface area (Å²) in [6.45, 7) is 2.95. The molecule has 0 spiro atoms. The highest BCUT2D eigenvalue weighted by molar-refractivity contribution is 9.10. The minimum atomic E-state index is 0.0732. The number of nitrogens with zero attached hydrogens (tertiary/aromatic N) is 5. The Labute approximate surface area is 172 Å². The van der Waals surface area contributed by atoms with Gasteiger partial charge in [0.25, 0.3) is 0 Å².